The van der Waals surface area contributed by atoms with Gasteiger partial charge in [0.1, 0.15) is 22.9 Å². The second kappa shape index (κ2) is 9.82. The standard InChI is InChI=1S/C25H26FN7O2/c1-3-4-20-14-29-23-11-17(25-16(2)33(31-30-25)19-7-9-27-10-8-19)12-24(32(20)23)35-22(15-34)21-6-5-18(26)13-28-21/h5-6,11-14,19,22,27,34H,7-10,15H2,1-2H3. The summed E-state index contributed by atoms with van der Waals surface area (Å²) in [6.45, 7) is 5.33. The number of halogens is 1. The van der Waals surface area contributed by atoms with Crippen molar-refractivity contribution >= 4 is 5.65 Å². The third-order valence-electron chi connectivity index (χ3n) is 6.19. The molecule has 35 heavy (non-hydrogen) atoms. The van der Waals surface area contributed by atoms with Crippen LogP contribution in [0.5, 0.6) is 5.88 Å². The summed E-state index contributed by atoms with van der Waals surface area (Å²) < 4.78 is 23.4. The van der Waals surface area contributed by atoms with Gasteiger partial charge in [-0.15, -0.1) is 5.10 Å². The number of aromatic nitrogens is 6. The molecule has 4 aromatic rings. The summed E-state index contributed by atoms with van der Waals surface area (Å²) in [5.74, 6) is 5.87. The number of pyridine rings is 2. The summed E-state index contributed by atoms with van der Waals surface area (Å²) in [6, 6.07) is 6.84. The molecule has 0 amide bonds. The number of aliphatic hydroxyl groups is 1. The highest BCUT2D eigenvalue weighted by atomic mass is 19.1. The normalized spacial score (nSPS) is 15.1. The molecule has 5 rings (SSSR count). The van der Waals surface area contributed by atoms with Crippen LogP contribution in [0, 0.1) is 24.6 Å². The Balaban J connectivity index is 1.58. The van der Waals surface area contributed by atoms with Crippen molar-refractivity contribution < 1.29 is 14.2 Å². The van der Waals surface area contributed by atoms with Gasteiger partial charge in [0, 0.05) is 11.6 Å². The smallest absolute Gasteiger partial charge is 0.201 e. The molecule has 1 aliphatic rings. The number of hydrogen-bond donors (Lipinski definition) is 2. The van der Waals surface area contributed by atoms with Crippen LogP contribution in [0.2, 0.25) is 0 Å². The zero-order valence-electron chi connectivity index (χ0n) is 19.6. The van der Waals surface area contributed by atoms with Crippen LogP contribution in [-0.2, 0) is 0 Å². The monoisotopic (exact) mass is 475 g/mol. The third kappa shape index (κ3) is 4.48. The zero-order chi connectivity index (χ0) is 24.4. The van der Waals surface area contributed by atoms with E-state index in [2.05, 4.69) is 37.4 Å². The molecule has 4 aromatic heterocycles. The molecule has 2 N–H and O–H groups in total. The first-order chi connectivity index (χ1) is 17.1. The van der Waals surface area contributed by atoms with E-state index in [0.717, 1.165) is 49.1 Å². The molecule has 1 atom stereocenters. The third-order valence-corrected chi connectivity index (χ3v) is 6.19. The van der Waals surface area contributed by atoms with Crippen LogP contribution in [0.15, 0.2) is 36.7 Å². The van der Waals surface area contributed by atoms with Gasteiger partial charge < -0.3 is 15.2 Å². The summed E-state index contributed by atoms with van der Waals surface area (Å²) in [6.07, 6.45) is 3.95. The topological polar surface area (TPSA) is 102 Å². The summed E-state index contributed by atoms with van der Waals surface area (Å²) >= 11 is 0. The average molecular weight is 476 g/mol. The van der Waals surface area contributed by atoms with E-state index in [9.17, 15) is 9.50 Å². The number of nitrogens with one attached hydrogen (secondary N) is 1. The highest BCUT2D eigenvalue weighted by Gasteiger charge is 2.23. The van der Waals surface area contributed by atoms with Gasteiger partial charge in [-0.05, 0) is 63.9 Å². The van der Waals surface area contributed by atoms with Crippen molar-refractivity contribution in [1.82, 2.24) is 34.7 Å². The highest BCUT2D eigenvalue weighted by molar-refractivity contribution is 5.68. The van der Waals surface area contributed by atoms with Crippen LogP contribution in [0.1, 0.15) is 49.0 Å². The minimum atomic E-state index is -0.814. The molecule has 9 nitrogen and oxygen atoms in total. The van der Waals surface area contributed by atoms with E-state index in [1.54, 1.807) is 17.5 Å². The molecule has 0 saturated carbocycles. The first kappa shape index (κ1) is 23.0. The van der Waals surface area contributed by atoms with Gasteiger partial charge in [-0.2, -0.15) is 0 Å². The number of piperidine rings is 1. The zero-order valence-corrected chi connectivity index (χ0v) is 19.6. The van der Waals surface area contributed by atoms with E-state index >= 15 is 0 Å². The average Bonchev–Trinajstić information content (AvgIpc) is 3.47. The Morgan fingerprint density at radius 3 is 2.77 bits per heavy atom. The van der Waals surface area contributed by atoms with Crippen LogP contribution >= 0.6 is 0 Å². The fraction of sp³-hybridized carbons (Fsp3) is 0.360. The van der Waals surface area contributed by atoms with E-state index in [1.165, 1.54) is 12.1 Å². The number of aliphatic hydroxyl groups excluding tert-OH is 1. The van der Waals surface area contributed by atoms with Gasteiger partial charge in [0.15, 0.2) is 6.10 Å². The lowest BCUT2D eigenvalue weighted by atomic mass is 10.1. The van der Waals surface area contributed by atoms with E-state index in [0.29, 0.717) is 29.0 Å². The maximum absolute atomic E-state index is 13.4. The number of rotatable bonds is 6. The Kier molecular flexibility index (Phi) is 6.44. The van der Waals surface area contributed by atoms with Gasteiger partial charge in [-0.3, -0.25) is 9.38 Å². The van der Waals surface area contributed by atoms with Crippen molar-refractivity contribution in [2.45, 2.75) is 38.8 Å². The first-order valence-corrected chi connectivity index (χ1v) is 11.5. The van der Waals surface area contributed by atoms with E-state index in [-0.39, 0.29) is 6.61 Å². The van der Waals surface area contributed by atoms with Crippen LogP contribution in [0.4, 0.5) is 4.39 Å². The fourth-order valence-corrected chi connectivity index (χ4v) is 4.44. The van der Waals surface area contributed by atoms with Crippen LogP contribution in [-0.4, -0.2) is 54.2 Å². The molecule has 1 saturated heterocycles. The van der Waals surface area contributed by atoms with Crippen molar-refractivity contribution in [2.24, 2.45) is 0 Å². The predicted molar refractivity (Wildman–Crippen MR) is 127 cm³/mol. The lowest BCUT2D eigenvalue weighted by Gasteiger charge is -2.23. The predicted octanol–water partition coefficient (Wildman–Crippen LogP) is 2.84. The second-order valence-electron chi connectivity index (χ2n) is 8.43. The van der Waals surface area contributed by atoms with Gasteiger partial charge in [-0.1, -0.05) is 11.1 Å². The maximum atomic E-state index is 13.4. The van der Waals surface area contributed by atoms with E-state index in [1.807, 2.05) is 23.7 Å². The lowest BCUT2D eigenvalue weighted by Crippen LogP contribution is -2.30. The molecular formula is C25H26FN7O2. The maximum Gasteiger partial charge on any atom is 0.201 e. The minimum Gasteiger partial charge on any atom is -0.466 e. The number of imidazole rings is 1. The number of nitrogens with zero attached hydrogens (tertiary/aromatic N) is 6. The Labute approximate surface area is 202 Å². The SMILES string of the molecule is CC#Cc1cnc2cc(-c3nnn(C4CCNCC4)c3C)cc(OC(CO)c3ccc(F)cn3)n12. The minimum absolute atomic E-state index is 0.304. The van der Waals surface area contributed by atoms with Gasteiger partial charge in [0.05, 0.1) is 36.4 Å². The van der Waals surface area contributed by atoms with Gasteiger partial charge >= 0.3 is 0 Å². The second-order valence-corrected chi connectivity index (χ2v) is 8.43. The van der Waals surface area contributed by atoms with Gasteiger partial charge in [0.25, 0.3) is 0 Å². The summed E-state index contributed by atoms with van der Waals surface area (Å²) in [4.78, 5) is 8.60. The molecule has 0 bridgehead atoms. The molecule has 1 fully saturated rings. The molecule has 180 valence electrons. The molecule has 10 heteroatoms. The molecule has 0 aromatic carbocycles. The fourth-order valence-electron chi connectivity index (χ4n) is 4.44. The molecular weight excluding hydrogens is 449 g/mol. The quantitative estimate of drug-likeness (QED) is 0.414. The number of fused-ring (bicyclic) bond motifs is 1. The van der Waals surface area contributed by atoms with Gasteiger partial charge in [-0.25, -0.2) is 14.1 Å². The number of ether oxygens (including phenoxy) is 1. The molecule has 0 radical (unpaired) electrons. The van der Waals surface area contributed by atoms with Crippen LogP contribution < -0.4 is 10.1 Å². The Morgan fingerprint density at radius 1 is 1.23 bits per heavy atom. The van der Waals surface area contributed by atoms with Crippen molar-refractivity contribution in [2.75, 3.05) is 19.7 Å². The van der Waals surface area contributed by atoms with E-state index < -0.39 is 11.9 Å². The van der Waals surface area contributed by atoms with Gasteiger partial charge in [0.2, 0.25) is 5.88 Å². The first-order valence-electron chi connectivity index (χ1n) is 11.5. The molecule has 0 spiro atoms. The van der Waals surface area contributed by atoms with Crippen molar-refractivity contribution in [3.63, 3.8) is 0 Å². The molecule has 1 unspecified atom stereocenters. The van der Waals surface area contributed by atoms with Crippen molar-refractivity contribution in [3.05, 3.63) is 59.6 Å². The Bertz CT molecular complexity index is 1400. The van der Waals surface area contributed by atoms with E-state index in [4.69, 9.17) is 4.74 Å². The summed E-state index contributed by atoms with van der Waals surface area (Å²) in [5, 5.41) is 22.4. The largest absolute Gasteiger partial charge is 0.466 e. The van der Waals surface area contributed by atoms with Crippen molar-refractivity contribution in [1.29, 1.82) is 0 Å². The van der Waals surface area contributed by atoms with Crippen LogP contribution in [0.3, 0.4) is 0 Å². The van der Waals surface area contributed by atoms with Crippen molar-refractivity contribution in [3.8, 4) is 29.0 Å². The molecule has 5 heterocycles. The highest BCUT2D eigenvalue weighted by Crippen LogP contribution is 2.32. The Morgan fingerprint density at radius 2 is 2.06 bits per heavy atom. The number of hydrogen-bond acceptors (Lipinski definition) is 7. The summed E-state index contributed by atoms with van der Waals surface area (Å²) in [7, 11) is 0. The molecule has 0 aliphatic carbocycles. The van der Waals surface area contributed by atoms with Crippen LogP contribution in [0.25, 0.3) is 16.9 Å². The molecule has 1 aliphatic heterocycles. The lowest BCUT2D eigenvalue weighted by molar-refractivity contribution is 0.107. The Hall–Kier alpha value is -3.81. The summed E-state index contributed by atoms with van der Waals surface area (Å²) in [5.41, 5.74) is 4.16.